The molecule has 0 aromatic carbocycles. The number of carbonyl (C=O) groups excluding carboxylic acids is 1. The molecule has 0 amide bonds. The van der Waals surface area contributed by atoms with Crippen LogP contribution in [0.25, 0.3) is 0 Å². The fourth-order valence-electron chi connectivity index (χ4n) is 1.88. The van der Waals surface area contributed by atoms with Gasteiger partial charge in [0.2, 0.25) is 0 Å². The number of aliphatic imine (C=N–C) groups is 1. The van der Waals surface area contributed by atoms with Crippen molar-refractivity contribution in [2.45, 2.75) is 26.7 Å². The summed E-state index contributed by atoms with van der Waals surface area (Å²) in [6, 6.07) is 0. The summed E-state index contributed by atoms with van der Waals surface area (Å²) in [5.41, 5.74) is 1.30. The molecule has 6 heteroatoms. The van der Waals surface area contributed by atoms with Crippen LogP contribution in [0.5, 0.6) is 0 Å². The Labute approximate surface area is 123 Å². The first-order valence-electron chi connectivity index (χ1n) is 6.81. The van der Waals surface area contributed by atoms with Crippen molar-refractivity contribution >= 4 is 29.0 Å². The van der Waals surface area contributed by atoms with Gasteiger partial charge in [-0.1, -0.05) is 6.92 Å². The maximum absolute atomic E-state index is 12.1. The molecule has 0 bridgehead atoms. The van der Waals surface area contributed by atoms with E-state index in [1.54, 1.807) is 13.1 Å². The number of esters is 1. The molecule has 5 nitrogen and oxygen atoms in total. The van der Waals surface area contributed by atoms with Gasteiger partial charge in [0.15, 0.2) is 0 Å². The molecule has 108 valence electrons. The number of ether oxygens (including phenoxy) is 1. The number of rotatable bonds is 5. The zero-order chi connectivity index (χ0) is 14.5. The van der Waals surface area contributed by atoms with Gasteiger partial charge in [0.25, 0.3) is 0 Å². The lowest BCUT2D eigenvalue weighted by atomic mass is 10.2. The Bertz CT molecular complexity index is 485. The predicted octanol–water partition coefficient (Wildman–Crippen LogP) is 2.46. The van der Waals surface area contributed by atoms with E-state index in [-0.39, 0.29) is 17.2 Å². The van der Waals surface area contributed by atoms with Crippen molar-refractivity contribution in [1.82, 2.24) is 5.32 Å². The Kier molecular flexibility index (Phi) is 5.00. The number of hydrogen-bond donors (Lipinski definition) is 2. The summed E-state index contributed by atoms with van der Waals surface area (Å²) in [5.74, 6) is 1.20. The molecule has 2 aliphatic rings. The van der Waals surface area contributed by atoms with Crippen LogP contribution in [-0.4, -0.2) is 29.6 Å². The minimum Gasteiger partial charge on any atom is -0.462 e. The van der Waals surface area contributed by atoms with Gasteiger partial charge >= 0.3 is 5.97 Å². The minimum absolute atomic E-state index is 0.197. The predicted molar refractivity (Wildman–Crippen MR) is 82.0 cm³/mol. The zero-order valence-electron chi connectivity index (χ0n) is 11.7. The quantitative estimate of drug-likeness (QED) is 0.353. The molecule has 2 N–H and O–H groups in total. The van der Waals surface area contributed by atoms with Crippen molar-refractivity contribution in [3.8, 4) is 0 Å². The van der Waals surface area contributed by atoms with E-state index in [2.05, 4.69) is 10.3 Å². The van der Waals surface area contributed by atoms with E-state index in [1.165, 1.54) is 11.8 Å². The van der Waals surface area contributed by atoms with E-state index in [4.69, 9.17) is 10.1 Å². The van der Waals surface area contributed by atoms with Gasteiger partial charge < -0.3 is 10.1 Å². The van der Waals surface area contributed by atoms with Crippen LogP contribution >= 0.6 is 11.8 Å². The van der Waals surface area contributed by atoms with Crippen LogP contribution in [-0.2, 0) is 9.53 Å². The molecule has 20 heavy (non-hydrogen) atoms. The summed E-state index contributed by atoms with van der Waals surface area (Å²) in [6.07, 6.45) is 5.94. The summed E-state index contributed by atoms with van der Waals surface area (Å²) in [6.45, 7) is 3.98. The Morgan fingerprint density at radius 1 is 1.55 bits per heavy atom. The first-order valence-corrected chi connectivity index (χ1v) is 7.80. The van der Waals surface area contributed by atoms with Crippen LogP contribution in [0.2, 0.25) is 0 Å². The fraction of sp³-hybridized carbons (Fsp3) is 0.500. The summed E-state index contributed by atoms with van der Waals surface area (Å²) in [5, 5.41) is 11.4. The Morgan fingerprint density at radius 3 is 2.90 bits per heavy atom. The van der Waals surface area contributed by atoms with Crippen LogP contribution in [0.15, 0.2) is 28.2 Å². The van der Waals surface area contributed by atoms with Crippen molar-refractivity contribution < 1.29 is 9.53 Å². The molecule has 1 fully saturated rings. The third-order valence-corrected chi connectivity index (χ3v) is 3.75. The standard InChI is InChI=1S/C14H19N3O2S/c1-3-19-14(18)11(12(15)20-4-2)13-16-8-7-10(17-13)9-5-6-9/h7-9,15,17H,3-6H2,1-2H3/b13-11+,15-12?. The molecule has 1 saturated carbocycles. The molecule has 0 atom stereocenters. The summed E-state index contributed by atoms with van der Waals surface area (Å²) in [4.78, 5) is 16.3. The van der Waals surface area contributed by atoms with Crippen molar-refractivity contribution in [2.75, 3.05) is 12.4 Å². The summed E-state index contributed by atoms with van der Waals surface area (Å²) in [7, 11) is 0. The van der Waals surface area contributed by atoms with Gasteiger partial charge in [-0.25, -0.2) is 9.79 Å². The lowest BCUT2D eigenvalue weighted by molar-refractivity contribution is -0.137. The van der Waals surface area contributed by atoms with Crippen molar-refractivity contribution in [3.63, 3.8) is 0 Å². The van der Waals surface area contributed by atoms with Crippen molar-refractivity contribution in [2.24, 2.45) is 10.9 Å². The second-order valence-electron chi connectivity index (χ2n) is 4.51. The SMILES string of the molecule is CCOC(=O)/C(C(=N)SCC)=C1\N=CC=C(C2CC2)N1. The topological polar surface area (TPSA) is 74.5 Å². The van der Waals surface area contributed by atoms with Gasteiger partial charge in [0, 0.05) is 11.9 Å². The first-order chi connectivity index (χ1) is 9.67. The van der Waals surface area contributed by atoms with Gasteiger partial charge in [-0.2, -0.15) is 0 Å². The van der Waals surface area contributed by atoms with Gasteiger partial charge in [0.05, 0.1) is 6.61 Å². The molecular weight excluding hydrogens is 274 g/mol. The van der Waals surface area contributed by atoms with Gasteiger partial charge in [-0.15, -0.1) is 11.8 Å². The normalized spacial score (nSPS) is 20.0. The number of carbonyl (C=O) groups is 1. The minimum atomic E-state index is -0.491. The maximum Gasteiger partial charge on any atom is 0.344 e. The molecule has 1 aliphatic heterocycles. The molecule has 0 unspecified atom stereocenters. The smallest absolute Gasteiger partial charge is 0.344 e. The van der Waals surface area contributed by atoms with E-state index in [0.29, 0.717) is 11.7 Å². The van der Waals surface area contributed by atoms with Crippen molar-refractivity contribution in [3.05, 3.63) is 23.2 Å². The number of nitrogens with zero attached hydrogens (tertiary/aromatic N) is 1. The average Bonchev–Trinajstić information content (AvgIpc) is 3.24. The van der Waals surface area contributed by atoms with E-state index in [9.17, 15) is 4.79 Å². The highest BCUT2D eigenvalue weighted by Gasteiger charge is 2.29. The first kappa shape index (κ1) is 14.8. The third kappa shape index (κ3) is 3.50. The molecule has 0 spiro atoms. The summed E-state index contributed by atoms with van der Waals surface area (Å²) >= 11 is 1.30. The highest BCUT2D eigenvalue weighted by molar-refractivity contribution is 8.14. The van der Waals surface area contributed by atoms with Gasteiger partial charge in [-0.3, -0.25) is 5.41 Å². The van der Waals surface area contributed by atoms with Crippen LogP contribution < -0.4 is 5.32 Å². The van der Waals surface area contributed by atoms with E-state index in [0.717, 1.165) is 24.3 Å². The van der Waals surface area contributed by atoms with Crippen LogP contribution in [0, 0.1) is 11.3 Å². The number of allylic oxidation sites excluding steroid dienone is 2. The molecule has 0 saturated heterocycles. The molecule has 1 aliphatic carbocycles. The highest BCUT2D eigenvalue weighted by Crippen LogP contribution is 2.36. The Hall–Kier alpha value is -1.56. The lowest BCUT2D eigenvalue weighted by Crippen LogP contribution is -2.24. The van der Waals surface area contributed by atoms with E-state index >= 15 is 0 Å². The monoisotopic (exact) mass is 293 g/mol. The van der Waals surface area contributed by atoms with Gasteiger partial charge in [-0.05, 0) is 37.5 Å². The number of nitrogens with one attached hydrogen (secondary N) is 2. The second kappa shape index (κ2) is 6.74. The van der Waals surface area contributed by atoms with Crippen LogP contribution in [0.1, 0.15) is 26.7 Å². The molecule has 1 heterocycles. The maximum atomic E-state index is 12.1. The molecule has 0 aromatic heterocycles. The molecular formula is C14H19N3O2S. The Morgan fingerprint density at radius 2 is 2.30 bits per heavy atom. The fourth-order valence-corrected chi connectivity index (χ4v) is 2.49. The van der Waals surface area contributed by atoms with Crippen LogP contribution in [0.3, 0.4) is 0 Å². The van der Waals surface area contributed by atoms with E-state index in [1.807, 2.05) is 13.0 Å². The molecule has 0 radical (unpaired) electrons. The highest BCUT2D eigenvalue weighted by atomic mass is 32.2. The Balaban J connectivity index is 2.26. The van der Waals surface area contributed by atoms with E-state index < -0.39 is 5.97 Å². The molecule has 0 aromatic rings. The van der Waals surface area contributed by atoms with Crippen LogP contribution in [0.4, 0.5) is 0 Å². The van der Waals surface area contributed by atoms with Gasteiger partial charge in [0.1, 0.15) is 16.4 Å². The second-order valence-corrected chi connectivity index (χ2v) is 5.78. The van der Waals surface area contributed by atoms with Crippen molar-refractivity contribution in [1.29, 1.82) is 5.41 Å². The zero-order valence-corrected chi connectivity index (χ0v) is 12.5. The third-order valence-electron chi connectivity index (χ3n) is 2.97. The number of hydrogen-bond acceptors (Lipinski definition) is 6. The molecule has 2 rings (SSSR count). The largest absolute Gasteiger partial charge is 0.462 e. The average molecular weight is 293 g/mol. The lowest BCUT2D eigenvalue weighted by Gasteiger charge is -2.17. The number of thioether (sulfide) groups is 1. The summed E-state index contributed by atoms with van der Waals surface area (Å²) < 4.78 is 5.05.